The Morgan fingerprint density at radius 2 is 1.58 bits per heavy atom. The lowest BCUT2D eigenvalue weighted by atomic mass is 9.48. The van der Waals surface area contributed by atoms with Crippen molar-refractivity contribution in [1.29, 1.82) is 0 Å². The minimum absolute atomic E-state index is 0.158. The second-order valence-electron chi connectivity index (χ2n) is 10.5. The molecule has 2 aromatic carbocycles. The van der Waals surface area contributed by atoms with Crippen LogP contribution in [0.2, 0.25) is 0 Å². The minimum atomic E-state index is -0.158. The molecule has 1 aromatic heterocycles. The fourth-order valence-corrected chi connectivity index (χ4v) is 7.06. The maximum atomic E-state index is 12.9. The number of rotatable bonds is 5. The van der Waals surface area contributed by atoms with Crippen LogP contribution in [0.1, 0.15) is 54.6 Å². The summed E-state index contributed by atoms with van der Waals surface area (Å²) in [7, 11) is 0. The van der Waals surface area contributed by atoms with Crippen LogP contribution in [0.3, 0.4) is 0 Å². The molecular formula is C28H29N3O2. The van der Waals surface area contributed by atoms with E-state index in [9.17, 15) is 9.90 Å². The first-order valence-electron chi connectivity index (χ1n) is 12.1. The van der Waals surface area contributed by atoms with E-state index in [0.717, 1.165) is 41.1 Å². The first kappa shape index (κ1) is 20.4. The molecule has 3 aromatic rings. The molecule has 1 heterocycles. The smallest absolute Gasteiger partial charge is 0.256 e. The van der Waals surface area contributed by atoms with Crippen molar-refractivity contribution in [3.05, 3.63) is 72.1 Å². The summed E-state index contributed by atoms with van der Waals surface area (Å²) in [5.41, 5.74) is 3.46. The Bertz CT molecular complexity index is 1140. The predicted octanol–water partition coefficient (Wildman–Crippen LogP) is 5.86. The number of hydrogen-bond acceptors (Lipinski definition) is 4. The normalized spacial score (nSPS) is 27.5. The van der Waals surface area contributed by atoms with Crippen LogP contribution < -0.4 is 5.32 Å². The Balaban J connectivity index is 1.35. The van der Waals surface area contributed by atoms with Gasteiger partial charge in [-0.1, -0.05) is 18.2 Å². The summed E-state index contributed by atoms with van der Waals surface area (Å²) in [5, 5.41) is 12.7. The second kappa shape index (κ2) is 7.98. The van der Waals surface area contributed by atoms with Gasteiger partial charge in [-0.3, -0.25) is 4.79 Å². The number of anilines is 1. The van der Waals surface area contributed by atoms with Crippen LogP contribution in [0.4, 0.5) is 5.82 Å². The number of carbonyl (C=O) groups excluding carboxylic acids is 1. The topological polar surface area (TPSA) is 75.1 Å². The molecule has 5 nitrogen and oxygen atoms in total. The first-order valence-corrected chi connectivity index (χ1v) is 12.1. The summed E-state index contributed by atoms with van der Waals surface area (Å²) in [6.07, 6.45) is 10.6. The van der Waals surface area contributed by atoms with Gasteiger partial charge in [0.15, 0.2) is 5.82 Å². The van der Waals surface area contributed by atoms with Crippen LogP contribution in [0.15, 0.2) is 60.8 Å². The zero-order chi connectivity index (χ0) is 22.4. The number of aromatic hydroxyl groups is 1. The maximum absolute atomic E-state index is 12.9. The van der Waals surface area contributed by atoms with Crippen LogP contribution >= 0.6 is 0 Å². The zero-order valence-corrected chi connectivity index (χ0v) is 18.7. The fourth-order valence-electron chi connectivity index (χ4n) is 7.06. The van der Waals surface area contributed by atoms with Gasteiger partial charge in [0.1, 0.15) is 5.75 Å². The Morgan fingerprint density at radius 3 is 2.21 bits per heavy atom. The van der Waals surface area contributed by atoms with Crippen molar-refractivity contribution in [2.24, 2.45) is 23.2 Å². The number of benzene rings is 2. The third-order valence-corrected chi connectivity index (χ3v) is 7.98. The molecule has 0 unspecified atom stereocenters. The van der Waals surface area contributed by atoms with E-state index in [4.69, 9.17) is 4.98 Å². The molecule has 4 aliphatic carbocycles. The van der Waals surface area contributed by atoms with E-state index in [0.29, 0.717) is 11.4 Å². The van der Waals surface area contributed by atoms with Crippen LogP contribution in [0.25, 0.3) is 11.3 Å². The van der Waals surface area contributed by atoms with E-state index < -0.39 is 0 Å². The van der Waals surface area contributed by atoms with Gasteiger partial charge in [0.05, 0.1) is 17.6 Å². The van der Waals surface area contributed by atoms with E-state index in [2.05, 4.69) is 10.3 Å². The number of amides is 1. The van der Waals surface area contributed by atoms with Crippen molar-refractivity contribution < 1.29 is 9.90 Å². The molecule has 5 heteroatoms. The highest BCUT2D eigenvalue weighted by Crippen LogP contribution is 2.61. The van der Waals surface area contributed by atoms with Crippen LogP contribution in [0, 0.1) is 23.2 Å². The van der Waals surface area contributed by atoms with Gasteiger partial charge in [-0.25, -0.2) is 9.97 Å². The Hall–Kier alpha value is -3.21. The third kappa shape index (κ3) is 4.01. The van der Waals surface area contributed by atoms with E-state index in [1.54, 1.807) is 18.3 Å². The highest BCUT2D eigenvalue weighted by molar-refractivity contribution is 6.04. The summed E-state index contributed by atoms with van der Waals surface area (Å²) < 4.78 is 0. The molecule has 0 atom stereocenters. The molecule has 4 fully saturated rings. The number of nitrogens with one attached hydrogen (secondary N) is 1. The molecule has 33 heavy (non-hydrogen) atoms. The molecule has 0 spiro atoms. The molecule has 4 aliphatic rings. The van der Waals surface area contributed by atoms with Crippen molar-refractivity contribution in [1.82, 2.24) is 9.97 Å². The number of phenolic OH excluding ortho intramolecular Hbond substituents is 1. The number of carbonyl (C=O) groups is 1. The van der Waals surface area contributed by atoms with Gasteiger partial charge in [-0.2, -0.15) is 0 Å². The molecule has 0 saturated heterocycles. The summed E-state index contributed by atoms with van der Waals surface area (Å²) in [4.78, 5) is 22.6. The third-order valence-electron chi connectivity index (χ3n) is 7.98. The number of phenols is 1. The minimum Gasteiger partial charge on any atom is -0.508 e. The van der Waals surface area contributed by atoms with Crippen molar-refractivity contribution in [2.75, 3.05) is 5.32 Å². The highest BCUT2D eigenvalue weighted by atomic mass is 16.3. The van der Waals surface area contributed by atoms with Crippen molar-refractivity contribution in [3.8, 4) is 17.0 Å². The van der Waals surface area contributed by atoms with Gasteiger partial charge in [0.2, 0.25) is 0 Å². The monoisotopic (exact) mass is 439 g/mol. The van der Waals surface area contributed by atoms with Gasteiger partial charge in [0, 0.05) is 11.1 Å². The van der Waals surface area contributed by atoms with Crippen LogP contribution in [0.5, 0.6) is 5.75 Å². The fraction of sp³-hybridized carbons (Fsp3) is 0.393. The molecule has 7 rings (SSSR count). The SMILES string of the molecule is O=C(Nc1ncc(-c2ccc(O)cc2)nc1CC12CC3CC(CC(C3)C1)C2)c1ccccc1. The number of aromatic nitrogens is 2. The predicted molar refractivity (Wildman–Crippen MR) is 128 cm³/mol. The van der Waals surface area contributed by atoms with Crippen LogP contribution in [-0.4, -0.2) is 21.0 Å². The first-order chi connectivity index (χ1) is 16.1. The van der Waals surface area contributed by atoms with Crippen molar-refractivity contribution >= 4 is 11.7 Å². The van der Waals surface area contributed by atoms with E-state index >= 15 is 0 Å². The lowest BCUT2D eigenvalue weighted by Gasteiger charge is -2.57. The van der Waals surface area contributed by atoms with Crippen LogP contribution in [-0.2, 0) is 6.42 Å². The average molecular weight is 440 g/mol. The van der Waals surface area contributed by atoms with Gasteiger partial charge in [-0.05, 0) is 105 Å². The molecule has 4 saturated carbocycles. The molecule has 1 amide bonds. The molecule has 168 valence electrons. The van der Waals surface area contributed by atoms with E-state index in [-0.39, 0.29) is 17.1 Å². The van der Waals surface area contributed by atoms with Gasteiger partial charge in [0.25, 0.3) is 5.91 Å². The Kier molecular flexibility index (Phi) is 4.93. The van der Waals surface area contributed by atoms with Crippen molar-refractivity contribution in [2.45, 2.75) is 44.9 Å². The Morgan fingerprint density at radius 1 is 0.939 bits per heavy atom. The van der Waals surface area contributed by atoms with Gasteiger partial charge < -0.3 is 10.4 Å². The highest BCUT2D eigenvalue weighted by Gasteiger charge is 2.51. The lowest BCUT2D eigenvalue weighted by molar-refractivity contribution is -0.0526. The van der Waals surface area contributed by atoms with E-state index in [1.165, 1.54) is 38.5 Å². The summed E-state index contributed by atoms with van der Waals surface area (Å²) in [6.45, 7) is 0. The molecule has 0 radical (unpaired) electrons. The largest absolute Gasteiger partial charge is 0.508 e. The molecule has 2 N–H and O–H groups in total. The Labute approximate surface area is 194 Å². The lowest BCUT2D eigenvalue weighted by Crippen LogP contribution is -2.47. The number of nitrogens with zero attached hydrogens (tertiary/aromatic N) is 2. The zero-order valence-electron chi connectivity index (χ0n) is 18.7. The van der Waals surface area contributed by atoms with Gasteiger partial charge in [-0.15, -0.1) is 0 Å². The quantitative estimate of drug-likeness (QED) is 0.522. The summed E-state index contributed by atoms with van der Waals surface area (Å²) >= 11 is 0. The average Bonchev–Trinajstić information content (AvgIpc) is 2.80. The van der Waals surface area contributed by atoms with Crippen molar-refractivity contribution in [3.63, 3.8) is 0 Å². The number of hydrogen-bond donors (Lipinski definition) is 2. The molecular weight excluding hydrogens is 410 g/mol. The standard InChI is InChI=1S/C28H29N3O2/c32-23-8-6-21(7-9-23)25-17-29-26(31-27(33)22-4-2-1-3-5-22)24(30-25)16-28-13-18-10-19(14-28)12-20(11-18)15-28/h1-9,17-20,32H,10-16H2,(H,29,31,33). The molecule has 0 aliphatic heterocycles. The maximum Gasteiger partial charge on any atom is 0.256 e. The second-order valence-corrected chi connectivity index (χ2v) is 10.5. The van der Waals surface area contributed by atoms with Gasteiger partial charge >= 0.3 is 0 Å². The van der Waals surface area contributed by atoms with E-state index in [1.807, 2.05) is 42.5 Å². The summed E-state index contributed by atoms with van der Waals surface area (Å²) in [6, 6.07) is 16.3. The summed E-state index contributed by atoms with van der Waals surface area (Å²) in [5.74, 6) is 3.20. The molecule has 4 bridgehead atoms.